The van der Waals surface area contributed by atoms with Gasteiger partial charge in [0.2, 0.25) is 0 Å². The topological polar surface area (TPSA) is 4.44 Å². The monoisotopic (exact) mass is 209 g/mol. The van der Waals surface area contributed by atoms with Gasteiger partial charge in [0.25, 0.3) is 0 Å². The Bertz CT molecular complexity index is 84.3. The van der Waals surface area contributed by atoms with Crippen molar-refractivity contribution in [2.45, 2.75) is 0 Å². The van der Waals surface area contributed by atoms with Crippen molar-refractivity contribution < 1.29 is 28.9 Å². The van der Waals surface area contributed by atoms with Crippen LogP contribution in [0.15, 0.2) is 24.6 Å². The van der Waals surface area contributed by atoms with Crippen LogP contribution < -0.4 is 28.9 Å². The van der Waals surface area contributed by atoms with E-state index >= 15 is 0 Å². The third-order valence-corrected chi connectivity index (χ3v) is 0.829. The molecule has 0 saturated carbocycles. The lowest BCUT2D eigenvalue weighted by Crippen LogP contribution is -3.00. The molecule has 2 heteroatoms. The minimum absolute atomic E-state index is 0. The van der Waals surface area contributed by atoms with Crippen molar-refractivity contribution in [3.05, 3.63) is 24.6 Å². The minimum atomic E-state index is 0. The highest BCUT2D eigenvalue weighted by molar-refractivity contribution is 5.00. The van der Waals surface area contributed by atoms with Crippen molar-refractivity contribution in [1.29, 1.82) is 0 Å². The lowest BCUT2D eigenvalue weighted by molar-refractivity contribution is -0.762. The van der Waals surface area contributed by atoms with Crippen molar-refractivity contribution >= 4 is 0 Å². The Morgan fingerprint density at radius 2 is 1.57 bits per heavy atom. The van der Waals surface area contributed by atoms with Gasteiger partial charge in [0.1, 0.15) is 0 Å². The molecule has 1 N–H and O–H groups in total. The van der Waals surface area contributed by atoms with E-state index in [-0.39, 0.29) is 24.0 Å². The van der Waals surface area contributed by atoms with E-state index in [2.05, 4.69) is 19.4 Å². The normalized spacial score (nSPS) is 17.3. The van der Waals surface area contributed by atoms with Gasteiger partial charge in [0, 0.05) is 0 Å². The van der Waals surface area contributed by atoms with Crippen LogP contribution in [0.3, 0.4) is 0 Å². The molecule has 0 unspecified atom stereocenters. The highest BCUT2D eigenvalue weighted by Gasteiger charge is 1.89. The summed E-state index contributed by atoms with van der Waals surface area (Å²) in [6, 6.07) is 0. The number of allylic oxidation sites excluding steroid dienone is 2. The minimum Gasteiger partial charge on any atom is -1.00 e. The van der Waals surface area contributed by atoms with Gasteiger partial charge in [-0.2, -0.15) is 0 Å². The zero-order chi connectivity index (χ0) is 4.41. The number of halogens is 1. The quantitative estimate of drug-likeness (QED) is 0.396. The molecule has 0 radical (unpaired) electrons. The van der Waals surface area contributed by atoms with Gasteiger partial charge in [-0.3, -0.25) is 4.90 Å². The summed E-state index contributed by atoms with van der Waals surface area (Å²) in [6.45, 7) is 0. The highest BCUT2D eigenvalue weighted by atomic mass is 127. The second-order valence-electron chi connectivity index (χ2n) is 1.46. The Labute approximate surface area is 60.7 Å². The van der Waals surface area contributed by atoms with Crippen LogP contribution >= 0.6 is 0 Å². The molecule has 0 aliphatic carbocycles. The molecule has 7 heavy (non-hydrogen) atoms. The molecular formula is C5H8IN. The second-order valence-corrected chi connectivity index (χ2v) is 1.46. The zero-order valence-corrected chi connectivity index (χ0v) is 6.34. The molecule has 0 amide bonds. The van der Waals surface area contributed by atoms with Gasteiger partial charge in [-0.1, -0.05) is 0 Å². The fourth-order valence-corrected chi connectivity index (χ4v) is 0.470. The molecule has 1 aliphatic rings. The summed E-state index contributed by atoms with van der Waals surface area (Å²) < 4.78 is 0. The molecule has 40 valence electrons. The van der Waals surface area contributed by atoms with Crippen molar-refractivity contribution in [1.82, 2.24) is 0 Å². The Hall–Kier alpha value is 0.170. The average molecular weight is 209 g/mol. The standard InChI is InChI=1S/C5H7N.HI/c1-6-4-2-3-5-6;/h2-5H,1H3;1H. The molecule has 0 fully saturated rings. The lowest BCUT2D eigenvalue weighted by Gasteiger charge is -1.89. The molecule has 0 aromatic carbocycles. The summed E-state index contributed by atoms with van der Waals surface area (Å²) in [7, 11) is 2.08. The number of hydrogen-bond acceptors (Lipinski definition) is 0. The third-order valence-electron chi connectivity index (χ3n) is 0.829. The van der Waals surface area contributed by atoms with Crippen LogP contribution in [0.1, 0.15) is 0 Å². The van der Waals surface area contributed by atoms with Gasteiger partial charge >= 0.3 is 0 Å². The van der Waals surface area contributed by atoms with Gasteiger partial charge in [-0.05, 0) is 12.2 Å². The summed E-state index contributed by atoms with van der Waals surface area (Å²) in [5.41, 5.74) is 0. The molecule has 0 aromatic rings. The summed E-state index contributed by atoms with van der Waals surface area (Å²) >= 11 is 0. The Morgan fingerprint density at radius 1 is 1.14 bits per heavy atom. The summed E-state index contributed by atoms with van der Waals surface area (Å²) in [5, 5.41) is 0. The largest absolute Gasteiger partial charge is 1.00 e. The predicted octanol–water partition coefficient (Wildman–Crippen LogP) is -3.45. The van der Waals surface area contributed by atoms with E-state index in [1.54, 1.807) is 0 Å². The maximum Gasteiger partial charge on any atom is 0.0987 e. The average Bonchev–Trinajstić information content (AvgIpc) is 1.86. The number of quaternary nitrogens is 1. The van der Waals surface area contributed by atoms with Crippen LogP contribution in [-0.4, -0.2) is 7.05 Å². The van der Waals surface area contributed by atoms with Crippen LogP contribution in [0.25, 0.3) is 0 Å². The SMILES string of the molecule is C[NH+]1C=CC=C1.[I-]. The van der Waals surface area contributed by atoms with E-state index < -0.39 is 0 Å². The van der Waals surface area contributed by atoms with Gasteiger partial charge in [-0.25, -0.2) is 0 Å². The number of rotatable bonds is 0. The summed E-state index contributed by atoms with van der Waals surface area (Å²) in [4.78, 5) is 1.34. The Morgan fingerprint density at radius 3 is 1.71 bits per heavy atom. The maximum atomic E-state index is 2.08. The lowest BCUT2D eigenvalue weighted by atomic mass is 10.6. The molecule has 0 bridgehead atoms. The first-order chi connectivity index (χ1) is 2.89. The summed E-state index contributed by atoms with van der Waals surface area (Å²) in [5.74, 6) is 0. The molecule has 0 saturated heterocycles. The number of nitrogens with one attached hydrogen (secondary N) is 1. The Kier molecular flexibility index (Phi) is 3.29. The first-order valence-corrected chi connectivity index (χ1v) is 2.08. The molecule has 0 atom stereocenters. The first kappa shape index (κ1) is 7.17. The van der Waals surface area contributed by atoms with Crippen LogP contribution in [-0.2, 0) is 0 Å². The molecule has 0 aromatic heterocycles. The van der Waals surface area contributed by atoms with E-state index in [1.807, 2.05) is 12.2 Å². The van der Waals surface area contributed by atoms with E-state index in [9.17, 15) is 0 Å². The van der Waals surface area contributed by atoms with Gasteiger partial charge < -0.3 is 24.0 Å². The smallest absolute Gasteiger partial charge is 0.0987 e. The van der Waals surface area contributed by atoms with Crippen molar-refractivity contribution in [3.63, 3.8) is 0 Å². The predicted molar refractivity (Wildman–Crippen MR) is 25.2 cm³/mol. The molecule has 1 aliphatic heterocycles. The van der Waals surface area contributed by atoms with Crippen molar-refractivity contribution in [3.8, 4) is 0 Å². The first-order valence-electron chi connectivity index (χ1n) is 2.08. The molecular weight excluding hydrogens is 201 g/mol. The van der Waals surface area contributed by atoms with Gasteiger partial charge in [-0.15, -0.1) is 0 Å². The van der Waals surface area contributed by atoms with Gasteiger partial charge in [0.05, 0.1) is 19.4 Å². The van der Waals surface area contributed by atoms with Gasteiger partial charge in [0.15, 0.2) is 0 Å². The van der Waals surface area contributed by atoms with Crippen molar-refractivity contribution in [2.75, 3.05) is 7.05 Å². The van der Waals surface area contributed by atoms with Crippen LogP contribution in [0, 0.1) is 0 Å². The number of hydrogen-bond donors (Lipinski definition) is 1. The fourth-order valence-electron chi connectivity index (χ4n) is 0.470. The van der Waals surface area contributed by atoms with Crippen LogP contribution in [0.4, 0.5) is 0 Å². The second kappa shape index (κ2) is 3.21. The Balaban J connectivity index is 0.000000360. The molecule has 1 rings (SSSR count). The van der Waals surface area contributed by atoms with Crippen molar-refractivity contribution in [2.24, 2.45) is 0 Å². The van der Waals surface area contributed by atoms with E-state index in [0.29, 0.717) is 0 Å². The highest BCUT2D eigenvalue weighted by Crippen LogP contribution is 1.71. The molecule has 1 heterocycles. The molecule has 1 nitrogen and oxygen atoms in total. The van der Waals surface area contributed by atoms with Crippen LogP contribution in [0.2, 0.25) is 0 Å². The maximum absolute atomic E-state index is 2.08. The third kappa shape index (κ3) is 2.09. The van der Waals surface area contributed by atoms with Crippen LogP contribution in [0.5, 0.6) is 0 Å². The van der Waals surface area contributed by atoms with E-state index in [0.717, 1.165) is 0 Å². The molecule has 0 spiro atoms. The summed E-state index contributed by atoms with van der Waals surface area (Å²) in [6.07, 6.45) is 8.24. The zero-order valence-electron chi connectivity index (χ0n) is 4.19. The van der Waals surface area contributed by atoms with E-state index in [1.165, 1.54) is 4.90 Å². The fraction of sp³-hybridized carbons (Fsp3) is 0.200. The van der Waals surface area contributed by atoms with E-state index in [4.69, 9.17) is 0 Å².